The molecule has 1 aromatic carbocycles. The Morgan fingerprint density at radius 1 is 1.44 bits per heavy atom. The van der Waals surface area contributed by atoms with Crippen molar-refractivity contribution in [1.82, 2.24) is 4.98 Å². The Hall–Kier alpha value is -1.49. The molecule has 1 aliphatic carbocycles. The molecule has 0 amide bonds. The lowest BCUT2D eigenvalue weighted by molar-refractivity contribution is -0.133. The maximum absolute atomic E-state index is 15.6. The van der Waals surface area contributed by atoms with Crippen molar-refractivity contribution in [2.24, 2.45) is 0 Å². The topological polar surface area (TPSA) is 50.2 Å². The standard InChI is InChI=1S/C19H18Cl2FNO2/c1-11(13-5-4-12(20)10-15(13)21)9-17(25)19(22)7-6-16(24)18-14(19)3-2-8-23-18/h2-5,8,10-11,16,24H,6-7,9H2,1H3/t11-,16-,19-/m0/s1. The molecule has 0 aliphatic heterocycles. The average molecular weight is 382 g/mol. The average Bonchev–Trinajstić information content (AvgIpc) is 2.58. The highest BCUT2D eigenvalue weighted by Gasteiger charge is 2.46. The fourth-order valence-electron chi connectivity index (χ4n) is 3.37. The van der Waals surface area contributed by atoms with Gasteiger partial charge in [0.2, 0.25) is 0 Å². The van der Waals surface area contributed by atoms with Crippen molar-refractivity contribution in [3.05, 3.63) is 63.4 Å². The Morgan fingerprint density at radius 3 is 2.92 bits per heavy atom. The molecule has 0 spiro atoms. The second-order valence-corrected chi connectivity index (χ2v) is 7.33. The Bertz CT molecular complexity index is 814. The zero-order valence-electron chi connectivity index (χ0n) is 13.7. The summed E-state index contributed by atoms with van der Waals surface area (Å²) in [7, 11) is 0. The van der Waals surface area contributed by atoms with Crippen LogP contribution >= 0.6 is 23.2 Å². The molecule has 3 rings (SSSR count). The van der Waals surface area contributed by atoms with Gasteiger partial charge in [0.15, 0.2) is 11.5 Å². The van der Waals surface area contributed by atoms with E-state index in [1.165, 1.54) is 12.3 Å². The van der Waals surface area contributed by atoms with Gasteiger partial charge >= 0.3 is 0 Å². The highest BCUT2D eigenvalue weighted by molar-refractivity contribution is 6.35. The number of aliphatic hydroxyl groups excluding tert-OH is 1. The molecular formula is C19H18Cl2FNO2. The number of ketones is 1. The molecule has 0 fully saturated rings. The van der Waals surface area contributed by atoms with E-state index in [1.807, 2.05) is 6.92 Å². The molecule has 2 aromatic rings. The largest absolute Gasteiger partial charge is 0.387 e. The maximum atomic E-state index is 15.6. The lowest BCUT2D eigenvalue weighted by Gasteiger charge is -2.33. The van der Waals surface area contributed by atoms with Crippen molar-refractivity contribution < 1.29 is 14.3 Å². The number of pyridine rings is 1. The van der Waals surface area contributed by atoms with Gasteiger partial charge in [-0.15, -0.1) is 0 Å². The smallest absolute Gasteiger partial charge is 0.195 e. The van der Waals surface area contributed by atoms with Gasteiger partial charge in [-0.25, -0.2) is 4.39 Å². The summed E-state index contributed by atoms with van der Waals surface area (Å²) < 4.78 is 15.6. The van der Waals surface area contributed by atoms with Gasteiger partial charge in [0.05, 0.1) is 11.8 Å². The van der Waals surface area contributed by atoms with Crippen molar-refractivity contribution >= 4 is 29.0 Å². The highest BCUT2D eigenvalue weighted by atomic mass is 35.5. The van der Waals surface area contributed by atoms with Gasteiger partial charge < -0.3 is 5.11 Å². The van der Waals surface area contributed by atoms with E-state index in [-0.39, 0.29) is 36.4 Å². The molecule has 0 saturated heterocycles. The lowest BCUT2D eigenvalue weighted by Crippen LogP contribution is -2.37. The summed E-state index contributed by atoms with van der Waals surface area (Å²) in [5.74, 6) is -0.774. The Labute approximate surface area is 155 Å². The maximum Gasteiger partial charge on any atom is 0.195 e. The summed E-state index contributed by atoms with van der Waals surface area (Å²) >= 11 is 12.1. The van der Waals surface area contributed by atoms with E-state index in [1.54, 1.807) is 24.3 Å². The van der Waals surface area contributed by atoms with E-state index >= 15 is 4.39 Å². The van der Waals surface area contributed by atoms with Crippen LogP contribution in [0.1, 0.15) is 55.0 Å². The number of rotatable bonds is 4. The molecule has 3 nitrogen and oxygen atoms in total. The van der Waals surface area contributed by atoms with Crippen LogP contribution in [0.5, 0.6) is 0 Å². The van der Waals surface area contributed by atoms with E-state index in [4.69, 9.17) is 23.2 Å². The molecule has 1 heterocycles. The van der Waals surface area contributed by atoms with Gasteiger partial charge in [-0.1, -0.05) is 42.3 Å². The second-order valence-electron chi connectivity index (χ2n) is 6.49. The van der Waals surface area contributed by atoms with Gasteiger partial charge in [0, 0.05) is 28.2 Å². The number of nitrogens with zero attached hydrogens (tertiary/aromatic N) is 1. The van der Waals surface area contributed by atoms with Gasteiger partial charge in [-0.2, -0.15) is 0 Å². The van der Waals surface area contributed by atoms with Crippen molar-refractivity contribution in [2.45, 2.75) is 43.9 Å². The molecule has 0 bridgehead atoms. The van der Waals surface area contributed by atoms with Crippen LogP contribution in [0, 0.1) is 0 Å². The van der Waals surface area contributed by atoms with Gasteiger partial charge in [0.1, 0.15) is 0 Å². The first kappa shape index (κ1) is 18.3. The van der Waals surface area contributed by atoms with Crippen LogP contribution in [0.2, 0.25) is 10.0 Å². The molecule has 0 radical (unpaired) electrons. The SMILES string of the molecule is C[C@@H](CC(=O)[C@]1(F)CC[C@H](O)c2ncccc21)c1ccc(Cl)cc1Cl. The quantitative estimate of drug-likeness (QED) is 0.796. The van der Waals surface area contributed by atoms with Crippen molar-refractivity contribution in [3.63, 3.8) is 0 Å². The second kappa shape index (κ2) is 7.02. The van der Waals surface area contributed by atoms with Crippen LogP contribution < -0.4 is 0 Å². The third kappa shape index (κ3) is 3.43. The molecule has 1 aromatic heterocycles. The zero-order chi connectivity index (χ0) is 18.2. The van der Waals surface area contributed by atoms with E-state index in [9.17, 15) is 9.90 Å². The first-order valence-corrected chi connectivity index (χ1v) is 8.89. The summed E-state index contributed by atoms with van der Waals surface area (Å²) in [4.78, 5) is 16.9. The number of hydrogen-bond acceptors (Lipinski definition) is 3. The molecule has 132 valence electrons. The lowest BCUT2D eigenvalue weighted by atomic mass is 9.76. The molecular weight excluding hydrogens is 364 g/mol. The summed E-state index contributed by atoms with van der Waals surface area (Å²) in [5, 5.41) is 11.0. The number of halogens is 3. The number of fused-ring (bicyclic) bond motifs is 1. The van der Waals surface area contributed by atoms with E-state index in [0.29, 0.717) is 10.0 Å². The van der Waals surface area contributed by atoms with E-state index in [0.717, 1.165) is 5.56 Å². The van der Waals surface area contributed by atoms with Crippen LogP contribution in [-0.2, 0) is 10.5 Å². The number of aromatic nitrogens is 1. The minimum absolute atomic E-state index is 0.00226. The predicted octanol–water partition coefficient (Wildman–Crippen LogP) is 5.14. The number of hydrogen-bond donors (Lipinski definition) is 1. The van der Waals surface area contributed by atoms with Crippen molar-refractivity contribution in [3.8, 4) is 0 Å². The first-order valence-electron chi connectivity index (χ1n) is 8.13. The number of alkyl halides is 1. The van der Waals surface area contributed by atoms with Crippen LogP contribution in [0.25, 0.3) is 0 Å². The molecule has 1 N–H and O–H groups in total. The minimum Gasteiger partial charge on any atom is -0.387 e. The highest BCUT2D eigenvalue weighted by Crippen LogP contribution is 2.44. The molecule has 25 heavy (non-hydrogen) atoms. The van der Waals surface area contributed by atoms with Gasteiger partial charge in [0.25, 0.3) is 0 Å². The number of carbonyl (C=O) groups excluding carboxylic acids is 1. The molecule has 6 heteroatoms. The number of carbonyl (C=O) groups is 1. The fraction of sp³-hybridized carbons (Fsp3) is 0.368. The number of benzene rings is 1. The summed E-state index contributed by atoms with van der Waals surface area (Å²) in [6, 6.07) is 8.18. The summed E-state index contributed by atoms with van der Waals surface area (Å²) in [6.07, 6.45) is 0.780. The molecule has 0 unspecified atom stereocenters. The van der Waals surface area contributed by atoms with Gasteiger partial charge in [-0.05, 0) is 42.5 Å². The summed E-state index contributed by atoms with van der Waals surface area (Å²) in [6.45, 7) is 1.83. The molecule has 1 aliphatic rings. The third-order valence-corrected chi connectivity index (χ3v) is 5.33. The molecule has 0 saturated carbocycles. The first-order chi connectivity index (χ1) is 11.8. The van der Waals surface area contributed by atoms with Crippen LogP contribution in [0.15, 0.2) is 36.5 Å². The zero-order valence-corrected chi connectivity index (χ0v) is 15.2. The summed E-state index contributed by atoms with van der Waals surface area (Å²) in [5.41, 5.74) is -0.948. The fourth-order valence-corrected chi connectivity index (χ4v) is 3.96. The third-order valence-electron chi connectivity index (χ3n) is 4.77. The van der Waals surface area contributed by atoms with Crippen LogP contribution in [-0.4, -0.2) is 15.9 Å². The Morgan fingerprint density at radius 2 is 2.20 bits per heavy atom. The van der Waals surface area contributed by atoms with Gasteiger partial charge in [-0.3, -0.25) is 9.78 Å². The Balaban J connectivity index is 1.87. The monoisotopic (exact) mass is 381 g/mol. The Kier molecular flexibility index (Phi) is 5.14. The minimum atomic E-state index is -2.13. The number of Topliss-reactive ketones (excluding diaryl/α,β-unsaturated/α-hetero) is 1. The van der Waals surface area contributed by atoms with E-state index in [2.05, 4.69) is 4.98 Å². The van der Waals surface area contributed by atoms with Crippen LogP contribution in [0.4, 0.5) is 4.39 Å². The van der Waals surface area contributed by atoms with Crippen LogP contribution in [0.3, 0.4) is 0 Å². The predicted molar refractivity (Wildman–Crippen MR) is 95.7 cm³/mol. The number of aliphatic hydroxyl groups is 1. The van der Waals surface area contributed by atoms with Crippen molar-refractivity contribution in [1.29, 1.82) is 0 Å². The molecule has 3 atom stereocenters. The van der Waals surface area contributed by atoms with Crippen molar-refractivity contribution in [2.75, 3.05) is 0 Å². The van der Waals surface area contributed by atoms with E-state index < -0.39 is 17.6 Å². The normalized spacial score (nSPS) is 23.8.